The van der Waals surface area contributed by atoms with Crippen LogP contribution in [-0.4, -0.2) is 30.7 Å². The Kier molecular flexibility index (Phi) is 3.83. The fourth-order valence-electron chi connectivity index (χ4n) is 2.56. The van der Waals surface area contributed by atoms with E-state index in [2.05, 4.69) is 20.3 Å². The molecular formula is C17H11N5OS2. The molecule has 4 aromatic rings. The summed E-state index contributed by atoms with van der Waals surface area (Å²) in [5.41, 5.74) is 3.14. The third-order valence-electron chi connectivity index (χ3n) is 3.75. The van der Waals surface area contributed by atoms with Gasteiger partial charge in [-0.15, -0.1) is 5.10 Å². The van der Waals surface area contributed by atoms with Gasteiger partial charge in [-0.3, -0.25) is 4.79 Å². The normalized spacial score (nSPS) is 10.9. The van der Waals surface area contributed by atoms with Crippen LogP contribution in [0.2, 0.25) is 0 Å². The van der Waals surface area contributed by atoms with Crippen LogP contribution in [-0.2, 0) is 0 Å². The molecular weight excluding hydrogens is 354 g/mol. The van der Waals surface area contributed by atoms with E-state index < -0.39 is 0 Å². The molecule has 25 heavy (non-hydrogen) atoms. The number of aromatic amines is 2. The molecule has 6 nitrogen and oxygen atoms in total. The zero-order valence-electron chi connectivity index (χ0n) is 12.8. The summed E-state index contributed by atoms with van der Waals surface area (Å²) < 4.78 is 2.46. The second-order valence-electron chi connectivity index (χ2n) is 5.35. The van der Waals surface area contributed by atoms with Gasteiger partial charge in [0.15, 0.2) is 16.2 Å². The van der Waals surface area contributed by atoms with E-state index in [1.807, 2.05) is 18.2 Å². The van der Waals surface area contributed by atoms with Crippen LogP contribution in [0.4, 0.5) is 0 Å². The highest BCUT2D eigenvalue weighted by atomic mass is 32.1. The number of hydrogen-bond donors (Lipinski definition) is 2. The Bertz CT molecular complexity index is 1190. The van der Waals surface area contributed by atoms with Gasteiger partial charge in [0.2, 0.25) is 0 Å². The first-order chi connectivity index (χ1) is 12.1. The minimum Gasteiger partial charge on any atom is -0.322 e. The zero-order chi connectivity index (χ0) is 17.4. The molecule has 0 amide bonds. The van der Waals surface area contributed by atoms with Crippen LogP contribution in [0.15, 0.2) is 54.6 Å². The fourth-order valence-corrected chi connectivity index (χ4v) is 3.11. The van der Waals surface area contributed by atoms with Crippen molar-refractivity contribution in [1.29, 1.82) is 0 Å². The Labute approximate surface area is 152 Å². The van der Waals surface area contributed by atoms with Crippen LogP contribution in [0.25, 0.3) is 16.9 Å². The highest BCUT2D eigenvalue weighted by Crippen LogP contribution is 2.17. The van der Waals surface area contributed by atoms with E-state index in [0.29, 0.717) is 31.7 Å². The van der Waals surface area contributed by atoms with E-state index in [0.717, 1.165) is 5.69 Å². The first kappa shape index (κ1) is 15.6. The predicted octanol–water partition coefficient (Wildman–Crippen LogP) is 3.77. The van der Waals surface area contributed by atoms with Crippen molar-refractivity contribution < 1.29 is 4.79 Å². The topological polar surface area (TPSA) is 79.4 Å². The van der Waals surface area contributed by atoms with Gasteiger partial charge in [0, 0.05) is 11.1 Å². The van der Waals surface area contributed by atoms with Gasteiger partial charge in [0.05, 0.1) is 5.69 Å². The monoisotopic (exact) mass is 365 g/mol. The Morgan fingerprint density at radius 1 is 0.920 bits per heavy atom. The molecule has 0 fully saturated rings. The predicted molar refractivity (Wildman–Crippen MR) is 99.1 cm³/mol. The maximum atomic E-state index is 12.5. The van der Waals surface area contributed by atoms with Gasteiger partial charge < -0.3 is 9.97 Å². The summed E-state index contributed by atoms with van der Waals surface area (Å²) in [6.45, 7) is 0. The van der Waals surface area contributed by atoms with Crippen LogP contribution < -0.4 is 0 Å². The lowest BCUT2D eigenvalue weighted by atomic mass is 10.0. The molecule has 2 heterocycles. The van der Waals surface area contributed by atoms with E-state index in [1.165, 1.54) is 0 Å². The van der Waals surface area contributed by atoms with Gasteiger partial charge in [-0.05, 0) is 36.5 Å². The quantitative estimate of drug-likeness (QED) is 0.427. The maximum Gasteiger partial charge on any atom is 0.193 e. The van der Waals surface area contributed by atoms with E-state index in [4.69, 9.17) is 24.4 Å². The minimum absolute atomic E-state index is 0.0306. The molecule has 0 aliphatic rings. The van der Waals surface area contributed by atoms with Crippen molar-refractivity contribution in [3.8, 4) is 5.69 Å². The van der Waals surface area contributed by atoms with Gasteiger partial charge >= 0.3 is 0 Å². The van der Waals surface area contributed by atoms with Crippen molar-refractivity contribution in [3.63, 3.8) is 0 Å². The maximum absolute atomic E-state index is 12.5. The van der Waals surface area contributed by atoms with Crippen molar-refractivity contribution >= 4 is 41.4 Å². The number of hydrogen-bond acceptors (Lipinski definition) is 5. The molecule has 0 radical (unpaired) electrons. The summed E-state index contributed by atoms with van der Waals surface area (Å²) in [6, 6.07) is 16.3. The number of rotatable bonds is 3. The van der Waals surface area contributed by atoms with Crippen molar-refractivity contribution in [3.05, 3.63) is 75.1 Å². The number of fused-ring (bicyclic) bond motifs is 1. The van der Waals surface area contributed by atoms with Crippen LogP contribution in [0.1, 0.15) is 15.9 Å². The van der Waals surface area contributed by atoms with Crippen molar-refractivity contribution in [2.24, 2.45) is 0 Å². The number of nitrogens with one attached hydrogen (secondary N) is 2. The standard InChI is InChI=1S/C17H11N5OS2/c23-14(10-4-2-1-3-5-10)11-6-8-12(9-7-11)22-13-15(20-21-22)18-17(25)19-16(13)24/h1-9H,(H2,18,19,24,25). The van der Waals surface area contributed by atoms with Crippen molar-refractivity contribution in [2.45, 2.75) is 0 Å². The molecule has 0 atom stereocenters. The Morgan fingerprint density at radius 3 is 2.32 bits per heavy atom. The van der Waals surface area contributed by atoms with E-state index in [9.17, 15) is 4.79 Å². The summed E-state index contributed by atoms with van der Waals surface area (Å²) in [4.78, 5) is 18.3. The molecule has 122 valence electrons. The number of benzene rings is 2. The molecule has 0 aliphatic carbocycles. The fraction of sp³-hybridized carbons (Fsp3) is 0. The van der Waals surface area contributed by atoms with Crippen molar-refractivity contribution in [2.75, 3.05) is 0 Å². The second kappa shape index (κ2) is 6.15. The Balaban J connectivity index is 1.75. The average Bonchev–Trinajstić information content (AvgIpc) is 3.06. The molecule has 0 saturated carbocycles. The number of carbonyl (C=O) groups is 1. The summed E-state index contributed by atoms with van der Waals surface area (Å²) in [7, 11) is 0. The SMILES string of the molecule is O=C(c1ccccc1)c1ccc(-n2nnc3[nH]c(=S)[nH]c(=S)c32)cc1. The van der Waals surface area contributed by atoms with Gasteiger partial charge in [-0.2, -0.15) is 0 Å². The van der Waals surface area contributed by atoms with Crippen LogP contribution >= 0.6 is 24.4 Å². The molecule has 0 aliphatic heterocycles. The van der Waals surface area contributed by atoms with Crippen LogP contribution in [0, 0.1) is 9.41 Å². The Hall–Kier alpha value is -2.97. The lowest BCUT2D eigenvalue weighted by Crippen LogP contribution is -2.02. The molecule has 2 aromatic carbocycles. The highest BCUT2D eigenvalue weighted by Gasteiger charge is 2.12. The second-order valence-corrected chi connectivity index (χ2v) is 6.17. The summed E-state index contributed by atoms with van der Waals surface area (Å²) in [5.74, 6) is -0.0306. The molecule has 2 aromatic heterocycles. The van der Waals surface area contributed by atoms with Gasteiger partial charge in [-0.25, -0.2) is 4.68 Å². The third-order valence-corrected chi connectivity index (χ3v) is 4.25. The number of ketones is 1. The molecule has 0 saturated heterocycles. The smallest absolute Gasteiger partial charge is 0.193 e. The lowest BCUT2D eigenvalue weighted by Gasteiger charge is -2.05. The van der Waals surface area contributed by atoms with Gasteiger partial charge in [-0.1, -0.05) is 47.8 Å². The number of nitrogens with zero attached hydrogens (tertiary/aromatic N) is 3. The van der Waals surface area contributed by atoms with E-state index >= 15 is 0 Å². The first-order valence-corrected chi connectivity index (χ1v) is 8.23. The van der Waals surface area contributed by atoms with E-state index in [-0.39, 0.29) is 5.78 Å². The largest absolute Gasteiger partial charge is 0.322 e. The number of aromatic nitrogens is 5. The lowest BCUT2D eigenvalue weighted by molar-refractivity contribution is 0.103. The molecule has 0 spiro atoms. The molecule has 0 unspecified atom stereocenters. The van der Waals surface area contributed by atoms with Crippen molar-refractivity contribution in [1.82, 2.24) is 25.0 Å². The third kappa shape index (κ3) is 2.81. The summed E-state index contributed by atoms with van der Waals surface area (Å²) in [5, 5.41) is 8.18. The first-order valence-electron chi connectivity index (χ1n) is 7.42. The Morgan fingerprint density at radius 2 is 1.60 bits per heavy atom. The van der Waals surface area contributed by atoms with Gasteiger partial charge in [0.25, 0.3) is 0 Å². The zero-order valence-corrected chi connectivity index (χ0v) is 14.4. The minimum atomic E-state index is -0.0306. The molecule has 8 heteroatoms. The number of carbonyl (C=O) groups excluding carboxylic acids is 1. The summed E-state index contributed by atoms with van der Waals surface area (Å²) in [6.07, 6.45) is 0. The number of H-pyrrole nitrogens is 2. The van der Waals surface area contributed by atoms with E-state index in [1.54, 1.807) is 41.1 Å². The molecule has 2 N–H and O–H groups in total. The van der Waals surface area contributed by atoms with Crippen LogP contribution in [0.3, 0.4) is 0 Å². The molecule has 4 rings (SSSR count). The average molecular weight is 365 g/mol. The highest BCUT2D eigenvalue weighted by molar-refractivity contribution is 7.72. The van der Waals surface area contributed by atoms with Gasteiger partial charge in [0.1, 0.15) is 10.2 Å². The summed E-state index contributed by atoms with van der Waals surface area (Å²) >= 11 is 10.4. The van der Waals surface area contributed by atoms with Crippen LogP contribution in [0.5, 0.6) is 0 Å². The molecule has 0 bridgehead atoms.